The van der Waals surface area contributed by atoms with Crippen LogP contribution in [0.5, 0.6) is 0 Å². The summed E-state index contributed by atoms with van der Waals surface area (Å²) in [4.78, 5) is 56.5. The molecule has 3 aromatic rings. The number of ketones is 2. The molecule has 52 heavy (non-hydrogen) atoms. The number of carbonyl (C=O) groups excluding carboxylic acids is 3. The van der Waals surface area contributed by atoms with E-state index in [2.05, 4.69) is 23.6 Å². The predicted molar refractivity (Wildman–Crippen MR) is 207 cm³/mol. The molecule has 1 fully saturated rings. The van der Waals surface area contributed by atoms with Gasteiger partial charge in [-0.2, -0.15) is 0 Å². The van der Waals surface area contributed by atoms with Gasteiger partial charge < -0.3 is 16.2 Å². The molecule has 1 amide bonds. The summed E-state index contributed by atoms with van der Waals surface area (Å²) in [5, 5.41) is 15.9. The van der Waals surface area contributed by atoms with Crippen molar-refractivity contribution in [2.24, 2.45) is 17.6 Å². The number of fused-ring (bicyclic) bond motifs is 1. The molecule has 2 aliphatic rings. The van der Waals surface area contributed by atoms with Gasteiger partial charge in [-0.25, -0.2) is 0 Å². The van der Waals surface area contributed by atoms with Crippen molar-refractivity contribution in [1.82, 2.24) is 10.6 Å². The maximum absolute atomic E-state index is 14.5. The summed E-state index contributed by atoms with van der Waals surface area (Å²) >= 11 is 1.50. The number of hydrogen-bond donors (Lipinski definition) is 4. The summed E-state index contributed by atoms with van der Waals surface area (Å²) in [6, 6.07) is 26.0. The summed E-state index contributed by atoms with van der Waals surface area (Å²) in [7, 11) is 0. The van der Waals surface area contributed by atoms with Gasteiger partial charge in [0.15, 0.2) is 11.6 Å². The third-order valence-corrected chi connectivity index (χ3v) is 12.0. The van der Waals surface area contributed by atoms with E-state index in [0.717, 1.165) is 60.1 Å². The topological polar surface area (TPSA) is 139 Å². The van der Waals surface area contributed by atoms with Crippen LogP contribution in [-0.2, 0) is 25.6 Å². The van der Waals surface area contributed by atoms with Crippen molar-refractivity contribution in [2.45, 2.75) is 107 Å². The maximum Gasteiger partial charge on any atom is 0.317 e. The highest BCUT2D eigenvalue weighted by Crippen LogP contribution is 2.40. The van der Waals surface area contributed by atoms with E-state index in [-0.39, 0.29) is 42.4 Å². The van der Waals surface area contributed by atoms with Crippen LogP contribution in [0.15, 0.2) is 100 Å². The second-order valence-electron chi connectivity index (χ2n) is 14.4. The Bertz CT molecular complexity index is 1660. The van der Waals surface area contributed by atoms with Crippen LogP contribution < -0.4 is 16.4 Å². The predicted octanol–water partition coefficient (Wildman–Crippen LogP) is 7.21. The van der Waals surface area contributed by atoms with Gasteiger partial charge in [0.05, 0.1) is 23.5 Å². The summed E-state index contributed by atoms with van der Waals surface area (Å²) in [5.74, 6) is -2.38. The molecule has 3 aromatic carbocycles. The largest absolute Gasteiger partial charge is 0.480 e. The average Bonchev–Trinajstić information content (AvgIpc) is 3.15. The Kier molecular flexibility index (Phi) is 14.4. The lowest BCUT2D eigenvalue weighted by molar-refractivity contribution is -0.136. The number of hydrogen-bond acceptors (Lipinski definition) is 7. The number of carboxylic acids is 1. The molecule has 0 bridgehead atoms. The Balaban J connectivity index is 1.37. The zero-order valence-electron chi connectivity index (χ0n) is 30.4. The number of amides is 1. The number of nitrogens with two attached hydrogens (primary N) is 1. The van der Waals surface area contributed by atoms with Gasteiger partial charge in [0.2, 0.25) is 5.91 Å². The molecule has 0 aromatic heterocycles. The van der Waals surface area contributed by atoms with Crippen molar-refractivity contribution in [3.8, 4) is 0 Å². The highest BCUT2D eigenvalue weighted by atomic mass is 32.2. The molecule has 5 rings (SSSR count). The SMILES string of the molecule is CCCC[C@H](CCC(=O)[C@H](NCC(=O)O)C(c1ccccc1)c1ccccc1)C(=O)N[C@H](C(=O)C1=C(C)Cc2ccccc2S1)C1CCC(N)CC1. The summed E-state index contributed by atoms with van der Waals surface area (Å²) < 4.78 is 0. The number of allylic oxidation sites excluding steroid dienone is 1. The van der Waals surface area contributed by atoms with Crippen LogP contribution in [-0.4, -0.2) is 53.2 Å². The Morgan fingerprint density at radius 1 is 0.865 bits per heavy atom. The molecule has 3 atom stereocenters. The minimum absolute atomic E-state index is 0.0233. The number of carboxylic acid groups (broad SMARTS) is 1. The average molecular weight is 724 g/mol. The first-order valence-electron chi connectivity index (χ1n) is 18.8. The Morgan fingerprint density at radius 2 is 1.48 bits per heavy atom. The summed E-state index contributed by atoms with van der Waals surface area (Å²) in [6.07, 6.45) is 6.50. The van der Waals surface area contributed by atoms with Gasteiger partial charge in [0.25, 0.3) is 0 Å². The van der Waals surface area contributed by atoms with E-state index >= 15 is 0 Å². The molecule has 1 aliphatic carbocycles. The van der Waals surface area contributed by atoms with Crippen LogP contribution in [0.3, 0.4) is 0 Å². The van der Waals surface area contributed by atoms with E-state index < -0.39 is 29.9 Å². The lowest BCUT2D eigenvalue weighted by atomic mass is 9.79. The van der Waals surface area contributed by atoms with E-state index in [1.165, 1.54) is 17.3 Å². The first kappa shape index (κ1) is 39.2. The van der Waals surface area contributed by atoms with Crippen molar-refractivity contribution in [2.75, 3.05) is 6.54 Å². The van der Waals surface area contributed by atoms with Gasteiger partial charge in [0, 0.05) is 29.2 Å². The third kappa shape index (κ3) is 10.3. The van der Waals surface area contributed by atoms with Crippen molar-refractivity contribution in [3.05, 3.63) is 112 Å². The molecule has 0 spiro atoms. The molecular formula is C43H53N3O5S. The summed E-state index contributed by atoms with van der Waals surface area (Å²) in [6.45, 7) is 3.70. The quantitative estimate of drug-likeness (QED) is 0.108. The highest BCUT2D eigenvalue weighted by Gasteiger charge is 2.38. The number of rotatable bonds is 18. The molecule has 276 valence electrons. The summed E-state index contributed by atoms with van der Waals surface area (Å²) in [5.41, 5.74) is 10.3. The Hall–Kier alpha value is -4.05. The minimum atomic E-state index is -1.05. The van der Waals surface area contributed by atoms with Crippen LogP contribution in [0.2, 0.25) is 0 Å². The minimum Gasteiger partial charge on any atom is -0.480 e. The van der Waals surface area contributed by atoms with Gasteiger partial charge >= 0.3 is 5.97 Å². The van der Waals surface area contributed by atoms with E-state index in [0.29, 0.717) is 24.2 Å². The van der Waals surface area contributed by atoms with Crippen LogP contribution in [0, 0.1) is 11.8 Å². The second-order valence-corrected chi connectivity index (χ2v) is 15.5. The van der Waals surface area contributed by atoms with Crippen molar-refractivity contribution in [1.29, 1.82) is 0 Å². The molecule has 1 saturated carbocycles. The fourth-order valence-corrected chi connectivity index (χ4v) is 8.81. The molecule has 1 heterocycles. The Labute approximate surface area is 312 Å². The first-order chi connectivity index (χ1) is 25.2. The second kappa shape index (κ2) is 19.1. The molecule has 0 saturated heterocycles. The van der Waals surface area contributed by atoms with Crippen LogP contribution in [0.4, 0.5) is 0 Å². The normalized spacial score (nSPS) is 19.0. The number of nitrogens with one attached hydrogen (secondary N) is 2. The zero-order valence-corrected chi connectivity index (χ0v) is 31.2. The fourth-order valence-electron chi connectivity index (χ4n) is 7.70. The van der Waals surface area contributed by atoms with Gasteiger partial charge in [-0.15, -0.1) is 0 Å². The smallest absolute Gasteiger partial charge is 0.317 e. The van der Waals surface area contributed by atoms with Gasteiger partial charge in [0.1, 0.15) is 0 Å². The standard InChI is InChI=1S/C43H53N3O5S/c1-3-4-13-32(22-25-35(47)40(45-27-37(48)49)38(29-14-7-5-8-15-29)30-16-9-6-10-17-30)43(51)46-39(31-20-23-34(44)24-21-31)41(50)42-28(2)26-33-18-11-12-19-36(33)52-42/h5-12,14-19,31-32,34,38-40,45H,3-4,13,20-27,44H2,1-2H3,(H,46,51)(H,48,49)/t31?,32-,34?,39+,40+/m1/s1. The molecule has 0 radical (unpaired) electrons. The number of carbonyl (C=O) groups is 4. The first-order valence-corrected chi connectivity index (χ1v) is 19.6. The zero-order chi connectivity index (χ0) is 37.0. The van der Waals surface area contributed by atoms with Crippen LogP contribution >= 0.6 is 11.8 Å². The Morgan fingerprint density at radius 3 is 2.10 bits per heavy atom. The number of thioether (sulfide) groups is 1. The molecule has 0 unspecified atom stereocenters. The monoisotopic (exact) mass is 723 g/mol. The molecular weight excluding hydrogens is 671 g/mol. The van der Waals surface area contributed by atoms with Crippen LogP contribution in [0.25, 0.3) is 0 Å². The number of benzene rings is 3. The fraction of sp³-hybridized carbons (Fsp3) is 0.442. The van der Waals surface area contributed by atoms with Crippen molar-refractivity contribution < 1.29 is 24.3 Å². The number of aliphatic carboxylic acids is 1. The van der Waals surface area contributed by atoms with Crippen molar-refractivity contribution in [3.63, 3.8) is 0 Å². The van der Waals surface area contributed by atoms with E-state index in [9.17, 15) is 24.3 Å². The molecule has 5 N–H and O–H groups in total. The van der Waals surface area contributed by atoms with Gasteiger partial charge in [-0.1, -0.05) is 116 Å². The van der Waals surface area contributed by atoms with E-state index in [1.54, 1.807) is 0 Å². The van der Waals surface area contributed by atoms with E-state index in [1.807, 2.05) is 85.8 Å². The lowest BCUT2D eigenvalue weighted by Crippen LogP contribution is -2.50. The number of Topliss-reactive ketones (excluding diaryl/α,β-unsaturated/α-hetero) is 2. The third-order valence-electron chi connectivity index (χ3n) is 10.6. The molecule has 8 nitrogen and oxygen atoms in total. The molecule has 9 heteroatoms. The molecule has 1 aliphatic heterocycles. The maximum atomic E-state index is 14.5. The van der Waals surface area contributed by atoms with Gasteiger partial charge in [-0.05, 0) is 80.5 Å². The highest BCUT2D eigenvalue weighted by molar-refractivity contribution is 8.04. The lowest BCUT2D eigenvalue weighted by Gasteiger charge is -2.34. The van der Waals surface area contributed by atoms with Crippen molar-refractivity contribution >= 4 is 35.2 Å². The van der Waals surface area contributed by atoms with Gasteiger partial charge in [-0.3, -0.25) is 24.5 Å². The van der Waals surface area contributed by atoms with Crippen LogP contribution in [0.1, 0.15) is 94.2 Å². The van der Waals surface area contributed by atoms with E-state index in [4.69, 9.17) is 5.73 Å². The number of unbranched alkanes of at least 4 members (excludes halogenated alkanes) is 1.